The van der Waals surface area contributed by atoms with Gasteiger partial charge in [-0.3, -0.25) is 0 Å². The van der Waals surface area contributed by atoms with Crippen molar-refractivity contribution < 1.29 is 5.11 Å². The molecule has 0 aromatic carbocycles. The summed E-state index contributed by atoms with van der Waals surface area (Å²) in [4.78, 5) is 0. The van der Waals surface area contributed by atoms with Gasteiger partial charge in [0.15, 0.2) is 0 Å². The highest BCUT2D eigenvalue weighted by atomic mass is 35.7. The Morgan fingerprint density at radius 3 is 2.50 bits per heavy atom. The summed E-state index contributed by atoms with van der Waals surface area (Å²) in [6.45, 7) is 1.88. The van der Waals surface area contributed by atoms with Crippen LogP contribution in [0.3, 0.4) is 0 Å². The molecule has 1 nitrogen and oxygen atoms in total. The number of hydrogen-bond acceptors (Lipinski definition) is 2. The Bertz CT molecular complexity index is 30.0. The summed E-state index contributed by atoms with van der Waals surface area (Å²) in [5.41, 5.74) is -0.383. The van der Waals surface area contributed by atoms with E-state index in [4.69, 9.17) is 15.8 Å². The first-order valence-electron chi connectivity index (χ1n) is 1.76. The zero-order valence-electron chi connectivity index (χ0n) is 3.52. The van der Waals surface area contributed by atoms with Gasteiger partial charge in [0.05, 0.1) is 0 Å². The summed E-state index contributed by atoms with van der Waals surface area (Å²) in [6.07, 6.45) is 0.716. The molecule has 0 heterocycles. The molecule has 0 saturated carbocycles. The zero-order chi connectivity index (χ0) is 4.99. The molecule has 0 rings (SSSR count). The average molecular weight is 127 g/mol. The zero-order valence-corrected chi connectivity index (χ0v) is 5.09. The van der Waals surface area contributed by atoms with E-state index >= 15 is 0 Å². The molecule has 6 heavy (non-hydrogen) atoms. The molecule has 0 amide bonds. The number of halogens is 1. The van der Waals surface area contributed by atoms with Gasteiger partial charge in [-0.1, -0.05) is 6.92 Å². The lowest BCUT2D eigenvalue weighted by Gasteiger charge is -1.95. The lowest BCUT2D eigenvalue weighted by Crippen LogP contribution is -1.91. The summed E-state index contributed by atoms with van der Waals surface area (Å²) in [5.74, 6) is 0. The largest absolute Gasteiger partial charge is 0.381 e. The first-order valence-corrected chi connectivity index (χ1v) is 3.47. The maximum absolute atomic E-state index is 8.50. The molecule has 0 aliphatic heterocycles. The van der Waals surface area contributed by atoms with Crippen LogP contribution in [0.1, 0.15) is 13.3 Å². The molecule has 1 N–H and O–H groups in total. The Kier molecular flexibility index (Phi) is 4.16. The van der Waals surface area contributed by atoms with E-state index < -0.39 is 0 Å². The summed E-state index contributed by atoms with van der Waals surface area (Å²) < 4.78 is 0. The van der Waals surface area contributed by atoms with Crippen LogP contribution in [0.5, 0.6) is 0 Å². The molecule has 3 heteroatoms. The van der Waals surface area contributed by atoms with Crippen molar-refractivity contribution in [1.29, 1.82) is 0 Å². The number of aliphatic hydroxyl groups excluding tert-OH is 1. The summed E-state index contributed by atoms with van der Waals surface area (Å²) in [7, 11) is 6.07. The monoisotopic (exact) mass is 126 g/mol. The molecule has 0 aliphatic carbocycles. The number of rotatable bonds is 2. The molecule has 0 saturated heterocycles. The minimum Gasteiger partial charge on any atom is -0.381 e. The van der Waals surface area contributed by atoms with E-state index in [0.29, 0.717) is 6.42 Å². The van der Waals surface area contributed by atoms with Crippen molar-refractivity contribution in [2.75, 3.05) is 0 Å². The highest BCUT2D eigenvalue weighted by molar-refractivity contribution is 8.21. The van der Waals surface area contributed by atoms with Crippen molar-refractivity contribution in [3.05, 3.63) is 0 Å². The number of aliphatic hydroxyl groups is 1. The second-order valence-corrected chi connectivity index (χ2v) is 2.21. The van der Waals surface area contributed by atoms with Crippen molar-refractivity contribution in [3.8, 4) is 0 Å². The van der Waals surface area contributed by atoms with Crippen LogP contribution in [-0.4, -0.2) is 10.5 Å². The lowest BCUT2D eigenvalue weighted by molar-refractivity contribution is 0.261. The van der Waals surface area contributed by atoms with Crippen molar-refractivity contribution in [2.24, 2.45) is 0 Å². The van der Waals surface area contributed by atoms with Crippen LogP contribution in [0, 0.1) is 0 Å². The molecule has 0 aromatic heterocycles. The Morgan fingerprint density at radius 1 is 2.00 bits per heavy atom. The van der Waals surface area contributed by atoms with E-state index in [1.165, 1.54) is 0 Å². The normalized spacial score (nSPS) is 14.5. The number of hydrogen-bond donors (Lipinski definition) is 1. The fourth-order valence-corrected chi connectivity index (χ4v) is 0.567. The van der Waals surface area contributed by atoms with Crippen LogP contribution in [0.25, 0.3) is 0 Å². The van der Waals surface area contributed by atoms with Crippen molar-refractivity contribution in [1.82, 2.24) is 0 Å². The van der Waals surface area contributed by atoms with Gasteiger partial charge < -0.3 is 5.11 Å². The molecule has 0 spiro atoms. The fourth-order valence-electron chi connectivity index (χ4n) is 0.0630. The van der Waals surface area contributed by atoms with Crippen LogP contribution in [0.4, 0.5) is 0 Å². The highest BCUT2D eigenvalue weighted by Crippen LogP contribution is 2.14. The Hall–Kier alpha value is 0.600. The van der Waals surface area contributed by atoms with Crippen LogP contribution in [-0.2, 0) is 0 Å². The SMILES string of the molecule is CCC(O)SCl. The van der Waals surface area contributed by atoms with Crippen LogP contribution < -0.4 is 0 Å². The molecule has 0 bridgehead atoms. The van der Waals surface area contributed by atoms with Gasteiger partial charge in [0.25, 0.3) is 0 Å². The van der Waals surface area contributed by atoms with Gasteiger partial charge in [-0.05, 0) is 28.1 Å². The summed E-state index contributed by atoms with van der Waals surface area (Å²) in [6, 6.07) is 0. The average Bonchev–Trinajstić information content (AvgIpc) is 1.65. The van der Waals surface area contributed by atoms with Gasteiger partial charge in [-0.2, -0.15) is 0 Å². The van der Waals surface area contributed by atoms with Gasteiger partial charge in [0, 0.05) is 0 Å². The van der Waals surface area contributed by atoms with E-state index in [1.807, 2.05) is 6.92 Å². The minimum absolute atomic E-state index is 0.383. The maximum Gasteiger partial charge on any atom is 0.114 e. The van der Waals surface area contributed by atoms with Gasteiger partial charge >= 0.3 is 0 Å². The van der Waals surface area contributed by atoms with Crippen molar-refractivity contribution >= 4 is 21.7 Å². The minimum atomic E-state index is -0.383. The molecule has 0 aromatic rings. The van der Waals surface area contributed by atoms with Crippen molar-refractivity contribution in [2.45, 2.75) is 18.8 Å². The van der Waals surface area contributed by atoms with Crippen LogP contribution in [0.15, 0.2) is 0 Å². The predicted molar refractivity (Wildman–Crippen MR) is 29.7 cm³/mol. The summed E-state index contributed by atoms with van der Waals surface area (Å²) >= 11 is 0. The highest BCUT2D eigenvalue weighted by Gasteiger charge is 1.93. The Morgan fingerprint density at radius 2 is 2.50 bits per heavy atom. The van der Waals surface area contributed by atoms with E-state index in [0.717, 1.165) is 11.0 Å². The summed E-state index contributed by atoms with van der Waals surface area (Å²) in [5, 5.41) is 8.50. The topological polar surface area (TPSA) is 20.2 Å². The van der Waals surface area contributed by atoms with Gasteiger partial charge in [-0.25, -0.2) is 0 Å². The van der Waals surface area contributed by atoms with E-state index in [9.17, 15) is 0 Å². The third-order valence-electron chi connectivity index (χ3n) is 0.452. The second kappa shape index (κ2) is 3.78. The Labute approximate surface area is 46.2 Å². The van der Waals surface area contributed by atoms with Gasteiger partial charge in [-0.15, -0.1) is 0 Å². The van der Waals surface area contributed by atoms with E-state index in [2.05, 4.69) is 0 Å². The molecule has 38 valence electrons. The smallest absolute Gasteiger partial charge is 0.114 e. The molecule has 0 fully saturated rings. The Balaban J connectivity index is 2.75. The predicted octanol–water partition coefficient (Wildman–Crippen LogP) is 1.60. The van der Waals surface area contributed by atoms with Crippen molar-refractivity contribution in [3.63, 3.8) is 0 Å². The van der Waals surface area contributed by atoms with Crippen LogP contribution in [0.2, 0.25) is 0 Å². The molecular formula is C3H7ClOS. The molecule has 0 radical (unpaired) electrons. The first kappa shape index (κ1) is 6.60. The first-order chi connectivity index (χ1) is 2.81. The van der Waals surface area contributed by atoms with E-state index in [-0.39, 0.29) is 5.44 Å². The molecule has 0 aliphatic rings. The maximum atomic E-state index is 8.50. The standard InChI is InChI=1S/C3H7ClOS/c1-2-3(5)6-4/h3,5H,2H2,1H3. The molecule has 1 atom stereocenters. The lowest BCUT2D eigenvalue weighted by atomic mass is 10.5. The van der Waals surface area contributed by atoms with Gasteiger partial charge in [0.1, 0.15) is 5.44 Å². The van der Waals surface area contributed by atoms with Gasteiger partial charge in [0.2, 0.25) is 0 Å². The second-order valence-electron chi connectivity index (χ2n) is 0.952. The third-order valence-corrected chi connectivity index (χ3v) is 1.61. The molecule has 1 unspecified atom stereocenters. The third kappa shape index (κ3) is 2.82. The fraction of sp³-hybridized carbons (Fsp3) is 1.00. The molecular weight excluding hydrogens is 120 g/mol. The quantitative estimate of drug-likeness (QED) is 0.568. The van der Waals surface area contributed by atoms with E-state index in [1.54, 1.807) is 0 Å². The van der Waals surface area contributed by atoms with Crippen LogP contribution >= 0.6 is 21.7 Å².